The first-order valence-corrected chi connectivity index (χ1v) is 13.5. The lowest BCUT2D eigenvalue weighted by Gasteiger charge is -2.32. The van der Waals surface area contributed by atoms with Crippen molar-refractivity contribution in [2.24, 2.45) is 5.41 Å². The molecule has 14 heteroatoms. The number of rotatable bonds is 7. The quantitative estimate of drug-likeness (QED) is 0.168. The van der Waals surface area contributed by atoms with E-state index >= 15 is 0 Å². The van der Waals surface area contributed by atoms with E-state index in [2.05, 4.69) is 43.7 Å². The molecule has 3 aromatic rings. The Kier molecular flexibility index (Phi) is 7.39. The first-order valence-electron chi connectivity index (χ1n) is 13.5. The number of hydrogen-bond acceptors (Lipinski definition) is 9. The highest BCUT2D eigenvalue weighted by Gasteiger charge is 2.68. The second-order valence-corrected chi connectivity index (χ2v) is 11.9. The van der Waals surface area contributed by atoms with Gasteiger partial charge in [-0.15, -0.1) is 5.53 Å². The van der Waals surface area contributed by atoms with Gasteiger partial charge in [0.2, 0.25) is 5.95 Å². The third kappa shape index (κ3) is 5.50. The maximum atomic E-state index is 14.0. The minimum atomic E-state index is -4.54. The van der Waals surface area contributed by atoms with Crippen molar-refractivity contribution >= 4 is 30.1 Å². The molecule has 0 amide bonds. The van der Waals surface area contributed by atoms with Gasteiger partial charge in [0.25, 0.3) is 0 Å². The molecule has 2 radical (unpaired) electrons. The highest BCUT2D eigenvalue weighted by molar-refractivity contribution is 6.22. The first-order chi connectivity index (χ1) is 20.2. The Bertz CT molecular complexity index is 1710. The van der Waals surface area contributed by atoms with Gasteiger partial charge >= 0.3 is 6.18 Å². The summed E-state index contributed by atoms with van der Waals surface area (Å²) in [4.78, 5) is 8.26. The van der Waals surface area contributed by atoms with Crippen LogP contribution in [0.2, 0.25) is 0 Å². The minimum absolute atomic E-state index is 0.136. The van der Waals surface area contributed by atoms with Crippen LogP contribution in [-0.2, 0) is 0 Å². The van der Waals surface area contributed by atoms with E-state index in [1.807, 2.05) is 20.8 Å². The van der Waals surface area contributed by atoms with Crippen LogP contribution in [0.5, 0.6) is 0 Å². The topological polar surface area (TPSA) is 125 Å². The number of aryl methyl sites for hydroxylation is 1. The van der Waals surface area contributed by atoms with E-state index in [-0.39, 0.29) is 46.4 Å². The maximum Gasteiger partial charge on any atom is 0.413 e. The Hall–Kier alpha value is -4.56. The number of alkyl halides is 3. The summed E-state index contributed by atoms with van der Waals surface area (Å²) in [5.41, 5.74) is 5.43. The van der Waals surface area contributed by atoms with Crippen LogP contribution >= 0.6 is 0 Å². The smallest absolute Gasteiger partial charge is 0.383 e. The van der Waals surface area contributed by atoms with Crippen LogP contribution in [0, 0.1) is 40.9 Å². The summed E-state index contributed by atoms with van der Waals surface area (Å²) in [7, 11) is 6.34. The number of hydrazine groups is 2. The predicted molar refractivity (Wildman–Crippen MR) is 153 cm³/mol. The molecule has 1 fully saturated rings. The molecule has 0 saturated heterocycles. The standard InChI is InChI=1S/C29H28BF4N9/c1-15-19(5-6-21(31)39-15)24(25-26(30)43(42-41-25)28(7-8-28)29(32,33)34)40-18-9-16(11-35)22-20(10-18)23(17(12-36)13-37-22)38-14-27(2,3)4/h5-6,9-10,13,24,40-42H,7-8,14H2,1-4H3,(H,37,38)/t24-/m0/s1. The number of hydrogen-bond donors (Lipinski definition) is 4. The van der Waals surface area contributed by atoms with Crippen molar-refractivity contribution in [3.8, 4) is 12.1 Å². The van der Waals surface area contributed by atoms with E-state index in [9.17, 15) is 28.1 Å². The van der Waals surface area contributed by atoms with Gasteiger partial charge in [-0.05, 0) is 43.4 Å². The molecule has 4 N–H and O–H groups in total. The molecule has 1 aromatic carbocycles. The molecule has 2 aliphatic rings. The number of benzene rings is 1. The van der Waals surface area contributed by atoms with Gasteiger partial charge in [-0.3, -0.25) is 9.99 Å². The van der Waals surface area contributed by atoms with E-state index in [4.69, 9.17) is 7.85 Å². The van der Waals surface area contributed by atoms with Crippen molar-refractivity contribution < 1.29 is 17.6 Å². The van der Waals surface area contributed by atoms with Crippen LogP contribution in [-0.4, -0.2) is 41.1 Å². The van der Waals surface area contributed by atoms with Gasteiger partial charge in [0.1, 0.15) is 20.0 Å². The summed E-state index contributed by atoms with van der Waals surface area (Å²) in [5.74, 6) is -0.725. The van der Waals surface area contributed by atoms with Crippen LogP contribution in [0.4, 0.5) is 28.9 Å². The number of nitriles is 2. The average molecular weight is 589 g/mol. The Balaban J connectivity index is 1.65. The lowest BCUT2D eigenvalue weighted by Crippen LogP contribution is -2.53. The van der Waals surface area contributed by atoms with Gasteiger partial charge in [-0.25, -0.2) is 4.98 Å². The van der Waals surface area contributed by atoms with Crippen LogP contribution in [0.25, 0.3) is 10.9 Å². The molecule has 1 atom stereocenters. The first kappa shape index (κ1) is 29.9. The van der Waals surface area contributed by atoms with E-state index in [1.54, 1.807) is 19.1 Å². The molecule has 0 spiro atoms. The summed E-state index contributed by atoms with van der Waals surface area (Å²) in [5, 5.41) is 27.8. The third-order valence-corrected chi connectivity index (χ3v) is 7.51. The largest absolute Gasteiger partial charge is 0.413 e. The summed E-state index contributed by atoms with van der Waals surface area (Å²) >= 11 is 0. The minimum Gasteiger partial charge on any atom is -0.383 e. The van der Waals surface area contributed by atoms with Crippen molar-refractivity contribution in [3.05, 3.63) is 70.1 Å². The van der Waals surface area contributed by atoms with Crippen molar-refractivity contribution in [2.45, 2.75) is 58.3 Å². The molecule has 5 rings (SSSR count). The number of anilines is 2. The van der Waals surface area contributed by atoms with Crippen molar-refractivity contribution in [3.63, 3.8) is 0 Å². The predicted octanol–water partition coefficient (Wildman–Crippen LogP) is 5.19. The fraction of sp³-hybridized carbons (Fsp3) is 0.379. The van der Waals surface area contributed by atoms with Gasteiger partial charge in [0.15, 0.2) is 5.54 Å². The highest BCUT2D eigenvalue weighted by Crippen LogP contribution is 2.54. The zero-order valence-electron chi connectivity index (χ0n) is 23.9. The molecular formula is C29H28BF4N9. The zero-order chi connectivity index (χ0) is 31.3. The SMILES string of the molecule is [B]C1=C([C@@H](Nc2cc(C#N)c3ncc(C#N)c(NCC(C)(C)C)c3c2)c2ccc(F)nc2C)NNN1C1(C(F)(F)F)CC1. The number of pyridine rings is 2. The molecule has 0 unspecified atom stereocenters. The lowest BCUT2D eigenvalue weighted by atomic mass is 9.92. The van der Waals surface area contributed by atoms with Gasteiger partial charge in [-0.2, -0.15) is 28.1 Å². The molecule has 43 heavy (non-hydrogen) atoms. The molecule has 1 aliphatic carbocycles. The molecular weight excluding hydrogens is 561 g/mol. The molecule has 3 heterocycles. The molecule has 9 nitrogen and oxygen atoms in total. The molecule has 1 saturated carbocycles. The van der Waals surface area contributed by atoms with Crippen LogP contribution in [0.15, 0.2) is 41.8 Å². The highest BCUT2D eigenvalue weighted by atomic mass is 19.4. The molecule has 0 bridgehead atoms. The summed E-state index contributed by atoms with van der Waals surface area (Å²) < 4.78 is 55.9. The second kappa shape index (κ2) is 10.6. The Morgan fingerprint density at radius 3 is 2.42 bits per heavy atom. The van der Waals surface area contributed by atoms with E-state index in [1.165, 1.54) is 12.3 Å². The van der Waals surface area contributed by atoms with Crippen LogP contribution in [0.3, 0.4) is 0 Å². The fourth-order valence-corrected chi connectivity index (χ4v) is 5.09. The Morgan fingerprint density at radius 1 is 1.14 bits per heavy atom. The van der Waals surface area contributed by atoms with E-state index in [0.717, 1.165) is 11.1 Å². The Morgan fingerprint density at radius 2 is 1.84 bits per heavy atom. The summed E-state index contributed by atoms with van der Waals surface area (Å²) in [6, 6.07) is 9.18. The van der Waals surface area contributed by atoms with E-state index in [0.29, 0.717) is 34.4 Å². The maximum absolute atomic E-state index is 14.0. The lowest BCUT2D eigenvalue weighted by molar-refractivity contribution is -0.196. The molecule has 1 aliphatic heterocycles. The van der Waals surface area contributed by atoms with Gasteiger partial charge < -0.3 is 16.1 Å². The number of nitrogens with zero attached hydrogens (tertiary/aromatic N) is 5. The number of aromatic nitrogens is 2. The number of nitrogens with one attached hydrogen (secondary N) is 4. The molecule has 220 valence electrons. The average Bonchev–Trinajstić information content (AvgIpc) is 3.66. The number of halogens is 4. The van der Waals surface area contributed by atoms with Crippen LogP contribution < -0.4 is 21.6 Å². The summed E-state index contributed by atoms with van der Waals surface area (Å²) in [6.07, 6.45) is -3.41. The second-order valence-electron chi connectivity index (χ2n) is 11.9. The number of fused-ring (bicyclic) bond motifs is 1. The van der Waals surface area contributed by atoms with Crippen molar-refractivity contribution in [1.29, 1.82) is 10.5 Å². The van der Waals surface area contributed by atoms with Gasteiger partial charge in [0.05, 0.1) is 34.1 Å². The summed E-state index contributed by atoms with van der Waals surface area (Å²) in [6.45, 7) is 8.17. The zero-order valence-corrected chi connectivity index (χ0v) is 23.9. The van der Waals surface area contributed by atoms with Crippen molar-refractivity contribution in [2.75, 3.05) is 17.2 Å². The molecule has 2 aromatic heterocycles. The monoisotopic (exact) mass is 589 g/mol. The van der Waals surface area contributed by atoms with E-state index < -0.39 is 23.7 Å². The van der Waals surface area contributed by atoms with Crippen LogP contribution in [0.1, 0.15) is 62.0 Å². The fourth-order valence-electron chi connectivity index (χ4n) is 5.09. The van der Waals surface area contributed by atoms with Crippen molar-refractivity contribution in [1.82, 2.24) is 25.9 Å². The Labute approximate surface area is 247 Å². The van der Waals surface area contributed by atoms with Gasteiger partial charge in [-0.1, -0.05) is 26.8 Å². The van der Waals surface area contributed by atoms with Gasteiger partial charge in [0, 0.05) is 40.7 Å². The third-order valence-electron chi connectivity index (χ3n) is 7.51. The normalized spacial score (nSPS) is 16.8.